The minimum Gasteiger partial charge on any atom is -0.220 e. The molecule has 2 nitrogen and oxygen atoms in total. The summed E-state index contributed by atoms with van der Waals surface area (Å²) >= 11 is 17.8. The van der Waals surface area contributed by atoms with Gasteiger partial charge in [-0.15, -0.1) is 11.6 Å². The molecule has 1 unspecified atom stereocenters. The van der Waals surface area contributed by atoms with E-state index in [0.29, 0.717) is 12.8 Å². The summed E-state index contributed by atoms with van der Waals surface area (Å²) in [7, 11) is -3.86. The second kappa shape index (κ2) is 5.79. The molecule has 0 bridgehead atoms. The van der Waals surface area contributed by atoms with E-state index in [0.717, 1.165) is 0 Å². The summed E-state index contributed by atoms with van der Waals surface area (Å²) in [5.41, 5.74) is 0. The normalized spacial score (nSPS) is 14.6. The zero-order valence-corrected chi connectivity index (χ0v) is 12.3. The smallest absolute Gasteiger partial charge is 0.220 e. The minimum absolute atomic E-state index is 0.0757. The van der Waals surface area contributed by atoms with Crippen molar-refractivity contribution in [1.29, 1.82) is 0 Å². The van der Waals surface area contributed by atoms with Crippen LogP contribution in [0, 0.1) is 0 Å². The van der Waals surface area contributed by atoms with Gasteiger partial charge in [0, 0.05) is 0 Å². The number of halogens is 3. The van der Waals surface area contributed by atoms with Crippen molar-refractivity contribution >= 4 is 44.6 Å². The molecule has 0 amide bonds. The van der Waals surface area contributed by atoms with E-state index >= 15 is 0 Å². The van der Waals surface area contributed by atoms with Crippen LogP contribution in [0.15, 0.2) is 35.2 Å². The zero-order valence-electron chi connectivity index (χ0n) is 9.24. The van der Waals surface area contributed by atoms with Crippen LogP contribution < -0.4 is 0 Å². The Labute approximate surface area is 117 Å². The maximum Gasteiger partial charge on any atom is 0.238 e. The van der Waals surface area contributed by atoms with Gasteiger partial charge in [0.25, 0.3) is 0 Å². The SMILES string of the molecule is CCCC(Cl)C(Cl)(Cl)S(=O)(=O)c1ccccc1. The average Bonchev–Trinajstić information content (AvgIpc) is 2.30. The number of hydrogen-bond acceptors (Lipinski definition) is 2. The molecule has 0 aliphatic heterocycles. The number of hydrogen-bond donors (Lipinski definition) is 0. The molecule has 6 heteroatoms. The number of benzene rings is 1. The Morgan fingerprint density at radius 2 is 1.76 bits per heavy atom. The maximum absolute atomic E-state index is 12.2. The summed E-state index contributed by atoms with van der Waals surface area (Å²) in [5, 5.41) is -0.846. The molecule has 0 spiro atoms. The Hall–Kier alpha value is 0.0400. The summed E-state index contributed by atoms with van der Waals surface area (Å²) in [4.78, 5) is 0.0757. The van der Waals surface area contributed by atoms with Crippen molar-refractivity contribution in [2.24, 2.45) is 0 Å². The fourth-order valence-corrected chi connectivity index (χ4v) is 3.95. The lowest BCUT2D eigenvalue weighted by molar-refractivity contribution is 0.580. The molecule has 0 saturated heterocycles. The lowest BCUT2D eigenvalue weighted by atomic mass is 10.3. The first-order valence-corrected chi connectivity index (χ1v) is 7.83. The van der Waals surface area contributed by atoms with E-state index in [-0.39, 0.29) is 4.90 Å². The summed E-state index contributed by atoms with van der Waals surface area (Å²) in [6.07, 6.45) is 1.14. The predicted molar refractivity (Wildman–Crippen MR) is 72.6 cm³/mol. The zero-order chi connectivity index (χ0) is 13.1. The fraction of sp³-hybridized carbons (Fsp3) is 0.455. The van der Waals surface area contributed by atoms with Gasteiger partial charge in [-0.3, -0.25) is 0 Å². The molecule has 0 radical (unpaired) electrons. The van der Waals surface area contributed by atoms with Crippen LogP contribution in [0.2, 0.25) is 0 Å². The molecule has 1 atom stereocenters. The molecule has 0 N–H and O–H groups in total. The molecule has 1 aromatic carbocycles. The van der Waals surface area contributed by atoms with Gasteiger partial charge >= 0.3 is 0 Å². The largest absolute Gasteiger partial charge is 0.238 e. The molecular weight excluding hydrogens is 303 g/mol. The highest BCUT2D eigenvalue weighted by molar-refractivity contribution is 7.95. The monoisotopic (exact) mass is 314 g/mol. The highest BCUT2D eigenvalue weighted by atomic mass is 35.5. The Kier molecular flexibility index (Phi) is 5.14. The van der Waals surface area contributed by atoms with E-state index in [1.54, 1.807) is 18.2 Å². The van der Waals surface area contributed by atoms with Crippen LogP contribution in [0.4, 0.5) is 0 Å². The molecule has 0 saturated carbocycles. The number of sulfone groups is 1. The van der Waals surface area contributed by atoms with Gasteiger partial charge < -0.3 is 0 Å². The molecule has 1 rings (SSSR count). The van der Waals surface area contributed by atoms with Crippen molar-refractivity contribution in [3.63, 3.8) is 0 Å². The van der Waals surface area contributed by atoms with E-state index in [9.17, 15) is 8.42 Å². The van der Waals surface area contributed by atoms with Crippen LogP contribution in [0.1, 0.15) is 19.8 Å². The standard InChI is InChI=1S/C11H13Cl3O2S/c1-2-6-10(12)11(13,14)17(15,16)9-7-4-3-5-8-9/h3-5,7-8,10H,2,6H2,1H3. The van der Waals surface area contributed by atoms with Gasteiger partial charge in [-0.05, 0) is 18.6 Å². The first kappa shape index (κ1) is 15.1. The van der Waals surface area contributed by atoms with Crippen molar-refractivity contribution < 1.29 is 8.42 Å². The van der Waals surface area contributed by atoms with Gasteiger partial charge in [0.05, 0.1) is 10.3 Å². The number of alkyl halides is 3. The van der Waals surface area contributed by atoms with Gasteiger partial charge in [0.1, 0.15) is 0 Å². The molecule has 1 aromatic rings. The Bertz CT molecular complexity index is 457. The van der Waals surface area contributed by atoms with E-state index in [1.165, 1.54) is 12.1 Å². The third-order valence-electron chi connectivity index (χ3n) is 2.32. The summed E-state index contributed by atoms with van der Waals surface area (Å²) in [6, 6.07) is 7.84. The Balaban J connectivity index is 3.14. The van der Waals surface area contributed by atoms with Crippen molar-refractivity contribution in [2.45, 2.75) is 33.7 Å². The van der Waals surface area contributed by atoms with E-state index in [4.69, 9.17) is 34.8 Å². The Morgan fingerprint density at radius 3 is 2.24 bits per heavy atom. The summed E-state index contributed by atoms with van der Waals surface area (Å²) < 4.78 is 22.4. The molecular formula is C11H13Cl3O2S. The second-order valence-corrected chi connectivity index (χ2v) is 8.12. The molecule has 0 heterocycles. The average molecular weight is 316 g/mol. The van der Waals surface area contributed by atoms with E-state index in [1.807, 2.05) is 6.92 Å². The fourth-order valence-electron chi connectivity index (χ4n) is 1.35. The van der Waals surface area contributed by atoms with Crippen molar-refractivity contribution in [3.05, 3.63) is 30.3 Å². The van der Waals surface area contributed by atoms with Crippen molar-refractivity contribution in [1.82, 2.24) is 0 Å². The summed E-state index contributed by atoms with van der Waals surface area (Å²) in [6.45, 7) is 1.88. The molecule has 0 aromatic heterocycles. The molecule has 96 valence electrons. The predicted octanol–water partition coefficient (Wildman–Crippen LogP) is 4.00. The van der Waals surface area contributed by atoms with Crippen LogP contribution in [0.3, 0.4) is 0 Å². The quantitative estimate of drug-likeness (QED) is 0.770. The topological polar surface area (TPSA) is 34.1 Å². The van der Waals surface area contributed by atoms with Crippen LogP contribution in [-0.4, -0.2) is 17.5 Å². The van der Waals surface area contributed by atoms with Gasteiger partial charge in [-0.25, -0.2) is 8.42 Å². The highest BCUT2D eigenvalue weighted by Crippen LogP contribution is 2.41. The number of rotatable bonds is 5. The Morgan fingerprint density at radius 1 is 1.24 bits per heavy atom. The second-order valence-electron chi connectivity index (χ2n) is 3.63. The van der Waals surface area contributed by atoms with E-state index in [2.05, 4.69) is 0 Å². The first-order chi connectivity index (χ1) is 7.84. The van der Waals surface area contributed by atoms with Gasteiger partial charge in [0.15, 0.2) is 0 Å². The van der Waals surface area contributed by atoms with Crippen molar-refractivity contribution in [3.8, 4) is 0 Å². The van der Waals surface area contributed by atoms with Crippen LogP contribution in [0.5, 0.6) is 0 Å². The van der Waals surface area contributed by atoms with E-state index < -0.39 is 18.9 Å². The van der Waals surface area contributed by atoms with Gasteiger partial charge in [-0.1, -0.05) is 54.7 Å². The third kappa shape index (κ3) is 3.08. The highest BCUT2D eigenvalue weighted by Gasteiger charge is 2.47. The van der Waals surface area contributed by atoms with Gasteiger partial charge in [0.2, 0.25) is 13.5 Å². The van der Waals surface area contributed by atoms with Crippen molar-refractivity contribution in [2.75, 3.05) is 0 Å². The maximum atomic E-state index is 12.2. The van der Waals surface area contributed by atoms with Crippen LogP contribution in [-0.2, 0) is 9.84 Å². The van der Waals surface area contributed by atoms with Crippen LogP contribution in [0.25, 0.3) is 0 Å². The lowest BCUT2D eigenvalue weighted by Crippen LogP contribution is -2.36. The summed E-state index contributed by atoms with van der Waals surface area (Å²) in [5.74, 6) is 0. The molecule has 0 aliphatic rings. The molecule has 17 heavy (non-hydrogen) atoms. The first-order valence-electron chi connectivity index (χ1n) is 5.15. The minimum atomic E-state index is -3.86. The lowest BCUT2D eigenvalue weighted by Gasteiger charge is -2.24. The molecule has 0 fully saturated rings. The third-order valence-corrected chi connectivity index (χ3v) is 6.86. The van der Waals surface area contributed by atoms with Gasteiger partial charge in [-0.2, -0.15) is 0 Å². The molecule has 0 aliphatic carbocycles. The van der Waals surface area contributed by atoms with Crippen LogP contribution >= 0.6 is 34.8 Å².